The highest BCUT2D eigenvalue weighted by atomic mass is 16.3. The van der Waals surface area contributed by atoms with E-state index in [1.807, 2.05) is 13.8 Å². The van der Waals surface area contributed by atoms with Crippen molar-refractivity contribution in [3.05, 3.63) is 53.6 Å². The van der Waals surface area contributed by atoms with Crippen LogP contribution in [-0.4, -0.2) is 16.7 Å². The lowest BCUT2D eigenvalue weighted by atomic mass is 9.85. The summed E-state index contributed by atoms with van der Waals surface area (Å²) in [6.07, 6.45) is 3.86. The van der Waals surface area contributed by atoms with Crippen molar-refractivity contribution in [1.82, 2.24) is 5.43 Å². The molecule has 1 aromatic rings. The average molecular weight is 284 g/mol. The number of hydrazone groups is 1. The number of carbonyl (C=O) groups is 1. The SMILES string of the molecule is C=C(C)C1CC=C(C)/C(=N/NC(=O)c2ccccc2O)C1. The third-order valence-corrected chi connectivity index (χ3v) is 3.74. The quantitative estimate of drug-likeness (QED) is 0.660. The molecule has 0 aliphatic heterocycles. The zero-order valence-electron chi connectivity index (χ0n) is 12.4. The van der Waals surface area contributed by atoms with Crippen LogP contribution >= 0.6 is 0 Å². The normalized spacial score (nSPS) is 20.0. The highest BCUT2D eigenvalue weighted by molar-refractivity contribution is 6.02. The Morgan fingerprint density at radius 3 is 2.81 bits per heavy atom. The minimum Gasteiger partial charge on any atom is -0.507 e. The van der Waals surface area contributed by atoms with Crippen molar-refractivity contribution < 1.29 is 9.90 Å². The summed E-state index contributed by atoms with van der Waals surface area (Å²) in [6, 6.07) is 6.41. The van der Waals surface area contributed by atoms with Crippen molar-refractivity contribution in [2.45, 2.75) is 26.7 Å². The highest BCUT2D eigenvalue weighted by Crippen LogP contribution is 2.26. The maximum atomic E-state index is 12.0. The summed E-state index contributed by atoms with van der Waals surface area (Å²) < 4.78 is 0. The second-order valence-electron chi connectivity index (χ2n) is 5.39. The van der Waals surface area contributed by atoms with E-state index in [-0.39, 0.29) is 11.3 Å². The van der Waals surface area contributed by atoms with Crippen molar-refractivity contribution in [2.24, 2.45) is 11.0 Å². The van der Waals surface area contributed by atoms with Gasteiger partial charge in [-0.1, -0.05) is 30.4 Å². The number of para-hydroxylation sites is 1. The number of amides is 1. The van der Waals surface area contributed by atoms with Crippen LogP contribution in [0.25, 0.3) is 0 Å². The fraction of sp³-hybridized carbons (Fsp3) is 0.294. The lowest BCUT2D eigenvalue weighted by Crippen LogP contribution is -2.23. The van der Waals surface area contributed by atoms with Crippen LogP contribution in [0.2, 0.25) is 0 Å². The van der Waals surface area contributed by atoms with Gasteiger partial charge in [-0.25, -0.2) is 5.43 Å². The number of hydrogen-bond donors (Lipinski definition) is 2. The second-order valence-corrected chi connectivity index (χ2v) is 5.39. The summed E-state index contributed by atoms with van der Waals surface area (Å²) in [5.41, 5.74) is 5.79. The minimum atomic E-state index is -0.411. The predicted molar refractivity (Wildman–Crippen MR) is 84.3 cm³/mol. The van der Waals surface area contributed by atoms with E-state index in [0.717, 1.165) is 29.7 Å². The molecule has 2 rings (SSSR count). The van der Waals surface area contributed by atoms with E-state index in [2.05, 4.69) is 23.2 Å². The molecule has 0 radical (unpaired) electrons. The van der Waals surface area contributed by atoms with E-state index in [0.29, 0.717) is 5.92 Å². The average Bonchev–Trinajstić information content (AvgIpc) is 2.46. The molecule has 1 unspecified atom stereocenters. The first-order valence-electron chi connectivity index (χ1n) is 6.96. The third kappa shape index (κ3) is 3.60. The number of hydrogen-bond acceptors (Lipinski definition) is 3. The van der Waals surface area contributed by atoms with E-state index in [1.54, 1.807) is 18.2 Å². The summed E-state index contributed by atoms with van der Waals surface area (Å²) in [4.78, 5) is 12.0. The standard InChI is InChI=1S/C17H20N2O2/c1-11(2)13-9-8-12(3)15(10-13)18-19-17(21)14-6-4-5-7-16(14)20/h4-8,13,20H,1,9-10H2,2-3H3,(H,19,21)/b18-15+. The maximum absolute atomic E-state index is 12.0. The Kier molecular flexibility index (Phi) is 4.58. The summed E-state index contributed by atoms with van der Waals surface area (Å²) in [5, 5.41) is 13.9. The Hall–Kier alpha value is -2.36. The predicted octanol–water partition coefficient (Wildman–Crippen LogP) is 3.41. The van der Waals surface area contributed by atoms with Crippen molar-refractivity contribution in [3.8, 4) is 5.75 Å². The van der Waals surface area contributed by atoms with Gasteiger partial charge in [0.05, 0.1) is 11.3 Å². The van der Waals surface area contributed by atoms with E-state index >= 15 is 0 Å². The maximum Gasteiger partial charge on any atom is 0.275 e. The van der Waals surface area contributed by atoms with Crippen molar-refractivity contribution in [2.75, 3.05) is 0 Å². The van der Waals surface area contributed by atoms with Crippen LogP contribution in [0.4, 0.5) is 0 Å². The molecule has 0 spiro atoms. The van der Waals surface area contributed by atoms with Crippen LogP contribution in [0.5, 0.6) is 5.75 Å². The van der Waals surface area contributed by atoms with Crippen molar-refractivity contribution in [1.29, 1.82) is 0 Å². The van der Waals surface area contributed by atoms with Gasteiger partial charge in [-0.15, -0.1) is 0 Å². The third-order valence-electron chi connectivity index (χ3n) is 3.74. The Bertz CT molecular complexity index is 629. The molecule has 0 saturated carbocycles. The summed E-state index contributed by atoms with van der Waals surface area (Å²) in [5.74, 6) is -0.0914. The number of carbonyl (C=O) groups excluding carboxylic acids is 1. The molecule has 0 bridgehead atoms. The molecule has 0 fully saturated rings. The number of nitrogens with one attached hydrogen (secondary N) is 1. The molecule has 4 nitrogen and oxygen atoms in total. The zero-order valence-corrected chi connectivity index (χ0v) is 12.4. The number of benzene rings is 1. The molecular formula is C17H20N2O2. The van der Waals surface area contributed by atoms with Gasteiger partial charge in [0.15, 0.2) is 0 Å². The van der Waals surface area contributed by atoms with Crippen LogP contribution in [0, 0.1) is 5.92 Å². The van der Waals surface area contributed by atoms with E-state index in [9.17, 15) is 9.90 Å². The van der Waals surface area contributed by atoms with Crippen LogP contribution in [-0.2, 0) is 0 Å². The van der Waals surface area contributed by atoms with Gasteiger partial charge in [0.2, 0.25) is 0 Å². The lowest BCUT2D eigenvalue weighted by Gasteiger charge is -2.22. The monoisotopic (exact) mass is 284 g/mol. The fourth-order valence-corrected chi connectivity index (χ4v) is 2.27. The molecule has 4 heteroatoms. The van der Waals surface area contributed by atoms with Crippen molar-refractivity contribution >= 4 is 11.6 Å². The highest BCUT2D eigenvalue weighted by Gasteiger charge is 2.19. The molecule has 2 N–H and O–H groups in total. The number of aromatic hydroxyl groups is 1. The smallest absolute Gasteiger partial charge is 0.275 e. The van der Waals surface area contributed by atoms with Crippen LogP contribution in [0.15, 0.2) is 53.2 Å². The Morgan fingerprint density at radius 2 is 2.14 bits per heavy atom. The number of nitrogens with zero attached hydrogens (tertiary/aromatic N) is 1. The molecule has 1 aliphatic rings. The summed E-state index contributed by atoms with van der Waals surface area (Å²) in [7, 11) is 0. The molecular weight excluding hydrogens is 264 g/mol. The number of rotatable bonds is 3. The molecule has 1 aliphatic carbocycles. The number of phenolic OH excluding ortho intramolecular Hbond substituents is 1. The molecule has 0 heterocycles. The number of allylic oxidation sites excluding steroid dienone is 3. The Balaban J connectivity index is 2.12. The van der Waals surface area contributed by atoms with E-state index < -0.39 is 5.91 Å². The second kappa shape index (κ2) is 6.39. The molecule has 21 heavy (non-hydrogen) atoms. The van der Waals surface area contributed by atoms with Crippen molar-refractivity contribution in [3.63, 3.8) is 0 Å². The van der Waals surface area contributed by atoms with Crippen LogP contribution < -0.4 is 5.43 Å². The van der Waals surface area contributed by atoms with Gasteiger partial charge in [0.1, 0.15) is 5.75 Å². The van der Waals surface area contributed by atoms with Crippen LogP contribution in [0.3, 0.4) is 0 Å². The lowest BCUT2D eigenvalue weighted by molar-refractivity contribution is 0.0952. The first-order valence-corrected chi connectivity index (χ1v) is 6.96. The minimum absolute atomic E-state index is 0.0501. The first kappa shape index (κ1) is 15.0. The van der Waals surface area contributed by atoms with Crippen LogP contribution in [0.1, 0.15) is 37.0 Å². The Labute approximate surface area is 124 Å². The number of phenols is 1. The van der Waals surface area contributed by atoms with Gasteiger partial charge in [0.25, 0.3) is 5.91 Å². The van der Waals surface area contributed by atoms with Gasteiger partial charge >= 0.3 is 0 Å². The topological polar surface area (TPSA) is 61.7 Å². The molecule has 1 aromatic carbocycles. The summed E-state index contributed by atoms with van der Waals surface area (Å²) >= 11 is 0. The molecule has 1 atom stereocenters. The summed E-state index contributed by atoms with van der Waals surface area (Å²) in [6.45, 7) is 7.99. The molecule has 110 valence electrons. The Morgan fingerprint density at radius 1 is 1.43 bits per heavy atom. The van der Waals surface area contributed by atoms with Gasteiger partial charge < -0.3 is 5.11 Å². The van der Waals surface area contributed by atoms with Gasteiger partial charge in [-0.3, -0.25) is 4.79 Å². The largest absolute Gasteiger partial charge is 0.507 e. The zero-order chi connectivity index (χ0) is 15.4. The molecule has 0 aromatic heterocycles. The van der Waals surface area contributed by atoms with Gasteiger partial charge in [-0.2, -0.15) is 5.10 Å². The fourth-order valence-electron chi connectivity index (χ4n) is 2.27. The van der Waals surface area contributed by atoms with Gasteiger partial charge in [0, 0.05) is 0 Å². The first-order chi connectivity index (χ1) is 9.99. The molecule has 1 amide bonds. The van der Waals surface area contributed by atoms with E-state index in [1.165, 1.54) is 6.07 Å². The van der Waals surface area contributed by atoms with E-state index in [4.69, 9.17) is 0 Å². The van der Waals surface area contributed by atoms with Gasteiger partial charge in [-0.05, 0) is 50.3 Å². The molecule has 0 saturated heterocycles.